The lowest BCUT2D eigenvalue weighted by molar-refractivity contribution is 0.670. The van der Waals surface area contributed by atoms with Gasteiger partial charge in [-0.05, 0) is 121 Å². The van der Waals surface area contributed by atoms with Crippen LogP contribution in [-0.4, -0.2) is 0 Å². The third-order valence-electron chi connectivity index (χ3n) is 12.1. The van der Waals surface area contributed by atoms with E-state index in [-0.39, 0.29) is 0 Å². The first-order chi connectivity index (χ1) is 26.3. The summed E-state index contributed by atoms with van der Waals surface area (Å²) in [5, 5.41) is 22.9. The van der Waals surface area contributed by atoms with Gasteiger partial charge in [0.15, 0.2) is 0 Å². The summed E-state index contributed by atoms with van der Waals surface area (Å²) < 4.78 is 6.98. The Hall–Kier alpha value is -6.96. The molecule has 1 aromatic heterocycles. The number of benzene rings is 12. The van der Waals surface area contributed by atoms with Crippen LogP contribution in [0.1, 0.15) is 0 Å². The van der Waals surface area contributed by atoms with E-state index in [1.165, 1.54) is 108 Å². The van der Waals surface area contributed by atoms with Crippen molar-refractivity contribution < 1.29 is 4.42 Å². The molecule has 1 nitrogen and oxygen atoms in total. The first-order valence-corrected chi connectivity index (χ1v) is 18.4. The number of hydrogen-bond acceptors (Lipinski definition) is 1. The molecule has 0 saturated heterocycles. The molecular weight excluding hydrogens is 641 g/mol. The molecular formula is C52H28O. The molecule has 0 saturated carbocycles. The predicted molar refractivity (Wildman–Crippen MR) is 227 cm³/mol. The lowest BCUT2D eigenvalue weighted by atomic mass is 9.85. The Morgan fingerprint density at radius 2 is 0.792 bits per heavy atom. The average molecular weight is 669 g/mol. The average Bonchev–Trinajstić information content (AvgIpc) is 3.61. The van der Waals surface area contributed by atoms with Crippen molar-refractivity contribution in [1.29, 1.82) is 0 Å². The molecule has 0 aliphatic heterocycles. The van der Waals surface area contributed by atoms with Crippen molar-refractivity contribution in [2.75, 3.05) is 0 Å². The monoisotopic (exact) mass is 668 g/mol. The van der Waals surface area contributed by atoms with Crippen molar-refractivity contribution in [3.8, 4) is 22.3 Å². The second kappa shape index (κ2) is 9.88. The van der Waals surface area contributed by atoms with E-state index in [0.717, 1.165) is 22.1 Å². The van der Waals surface area contributed by atoms with E-state index in [2.05, 4.69) is 170 Å². The summed E-state index contributed by atoms with van der Waals surface area (Å²) >= 11 is 0. The Balaban J connectivity index is 1.20. The van der Waals surface area contributed by atoms with Crippen LogP contribution in [0.5, 0.6) is 0 Å². The maximum absolute atomic E-state index is 6.98. The van der Waals surface area contributed by atoms with Crippen LogP contribution in [0.4, 0.5) is 0 Å². The lowest BCUT2D eigenvalue weighted by Gasteiger charge is -2.18. The van der Waals surface area contributed by atoms with Gasteiger partial charge >= 0.3 is 0 Å². The molecule has 53 heavy (non-hydrogen) atoms. The van der Waals surface area contributed by atoms with Gasteiger partial charge in [0, 0.05) is 16.3 Å². The summed E-state index contributed by atoms with van der Waals surface area (Å²) in [5.74, 6) is 0. The van der Waals surface area contributed by atoms with Crippen molar-refractivity contribution in [2.45, 2.75) is 0 Å². The fraction of sp³-hybridized carbons (Fsp3) is 0. The molecule has 0 bridgehead atoms. The Labute approximate surface area is 303 Å². The van der Waals surface area contributed by atoms with Crippen LogP contribution in [0, 0.1) is 0 Å². The van der Waals surface area contributed by atoms with E-state index in [9.17, 15) is 0 Å². The van der Waals surface area contributed by atoms with Crippen LogP contribution in [-0.2, 0) is 0 Å². The van der Waals surface area contributed by atoms with Gasteiger partial charge in [-0.25, -0.2) is 0 Å². The van der Waals surface area contributed by atoms with E-state index in [4.69, 9.17) is 4.42 Å². The van der Waals surface area contributed by atoms with Crippen molar-refractivity contribution in [2.24, 2.45) is 0 Å². The Morgan fingerprint density at radius 1 is 0.264 bits per heavy atom. The van der Waals surface area contributed by atoms with E-state index in [0.29, 0.717) is 0 Å². The SMILES string of the molecule is c1ccc2c(c1)ccc1oc3c(-c4ccc5c6ccccc6c6cccc7ccc4c5c76)cc(-c4ccc5ccc6cccc7ccc4c5c67)cc3c12. The predicted octanol–water partition coefficient (Wildman–Crippen LogP) is 15.0. The second-order valence-corrected chi connectivity index (χ2v) is 14.7. The highest BCUT2D eigenvalue weighted by Crippen LogP contribution is 2.48. The second-order valence-electron chi connectivity index (χ2n) is 14.7. The van der Waals surface area contributed by atoms with Gasteiger partial charge in [-0.3, -0.25) is 0 Å². The zero-order valence-electron chi connectivity index (χ0n) is 28.6. The van der Waals surface area contributed by atoms with Crippen molar-refractivity contribution in [3.05, 3.63) is 170 Å². The first kappa shape index (κ1) is 27.7. The minimum Gasteiger partial charge on any atom is -0.455 e. The highest BCUT2D eigenvalue weighted by Gasteiger charge is 2.22. The third kappa shape index (κ3) is 3.56. The van der Waals surface area contributed by atoms with Crippen molar-refractivity contribution in [1.82, 2.24) is 0 Å². The first-order valence-electron chi connectivity index (χ1n) is 18.4. The molecule has 0 fully saturated rings. The van der Waals surface area contributed by atoms with Gasteiger partial charge in [0.25, 0.3) is 0 Å². The lowest BCUT2D eigenvalue weighted by Crippen LogP contribution is -1.91. The molecule has 12 aromatic carbocycles. The molecule has 13 rings (SSSR count). The van der Waals surface area contributed by atoms with Crippen LogP contribution in [0.25, 0.3) is 130 Å². The molecule has 1 heterocycles. The number of hydrogen-bond donors (Lipinski definition) is 0. The molecule has 0 aliphatic carbocycles. The third-order valence-corrected chi connectivity index (χ3v) is 12.1. The largest absolute Gasteiger partial charge is 0.455 e. The summed E-state index contributed by atoms with van der Waals surface area (Å²) in [4.78, 5) is 0. The molecule has 242 valence electrons. The van der Waals surface area contributed by atoms with E-state index in [1.807, 2.05) is 0 Å². The minimum absolute atomic E-state index is 0.913. The molecule has 0 atom stereocenters. The Morgan fingerprint density at radius 3 is 1.60 bits per heavy atom. The van der Waals surface area contributed by atoms with Gasteiger partial charge in [0.05, 0.1) is 0 Å². The molecule has 1 heteroatoms. The quantitative estimate of drug-likeness (QED) is 0.132. The van der Waals surface area contributed by atoms with Crippen molar-refractivity contribution >= 4 is 108 Å². The van der Waals surface area contributed by atoms with Crippen LogP contribution >= 0.6 is 0 Å². The van der Waals surface area contributed by atoms with Gasteiger partial charge in [0.1, 0.15) is 11.2 Å². The topological polar surface area (TPSA) is 13.1 Å². The van der Waals surface area contributed by atoms with Gasteiger partial charge < -0.3 is 4.42 Å². The van der Waals surface area contributed by atoms with Crippen LogP contribution < -0.4 is 0 Å². The molecule has 0 spiro atoms. The fourth-order valence-corrected chi connectivity index (χ4v) is 9.85. The summed E-state index contributed by atoms with van der Waals surface area (Å²) in [6, 6.07) is 63.1. The summed E-state index contributed by atoms with van der Waals surface area (Å²) in [6.07, 6.45) is 0. The standard InChI is InChI=1S/C52H28O/c1-2-11-36-29(7-1)20-26-46-50(36)45-28-34(35-21-17-33-16-15-30-8-5-9-31-18-22-41(35)48(33)47(30)31)27-44(52(45)53-46)39-24-25-43-38-13-4-3-12-37(38)40-14-6-10-32-19-23-42(39)51(43)49(32)40/h1-28H. The highest BCUT2D eigenvalue weighted by atomic mass is 16.3. The fourth-order valence-electron chi connectivity index (χ4n) is 9.85. The van der Waals surface area contributed by atoms with E-state index in [1.54, 1.807) is 0 Å². The molecule has 0 aliphatic rings. The summed E-state index contributed by atoms with van der Waals surface area (Å²) in [6.45, 7) is 0. The molecule has 0 N–H and O–H groups in total. The van der Waals surface area contributed by atoms with E-state index < -0.39 is 0 Å². The zero-order chi connectivity index (χ0) is 34.4. The molecule has 13 aromatic rings. The number of furan rings is 1. The zero-order valence-corrected chi connectivity index (χ0v) is 28.6. The maximum atomic E-state index is 6.98. The summed E-state index contributed by atoms with van der Waals surface area (Å²) in [5.41, 5.74) is 6.57. The number of fused-ring (bicyclic) bond motifs is 8. The van der Waals surface area contributed by atoms with Crippen molar-refractivity contribution in [3.63, 3.8) is 0 Å². The van der Waals surface area contributed by atoms with Gasteiger partial charge in [-0.15, -0.1) is 0 Å². The minimum atomic E-state index is 0.913. The smallest absolute Gasteiger partial charge is 0.143 e. The van der Waals surface area contributed by atoms with Crippen LogP contribution in [0.3, 0.4) is 0 Å². The van der Waals surface area contributed by atoms with Crippen LogP contribution in [0.15, 0.2) is 174 Å². The molecule has 0 unspecified atom stereocenters. The Bertz CT molecular complexity index is 3660. The normalized spacial score (nSPS) is 12.5. The van der Waals surface area contributed by atoms with E-state index >= 15 is 0 Å². The highest BCUT2D eigenvalue weighted by molar-refractivity contribution is 6.36. The molecule has 0 radical (unpaired) electrons. The van der Waals surface area contributed by atoms with Crippen LogP contribution in [0.2, 0.25) is 0 Å². The van der Waals surface area contributed by atoms with Gasteiger partial charge in [0.2, 0.25) is 0 Å². The molecule has 0 amide bonds. The van der Waals surface area contributed by atoms with Gasteiger partial charge in [-0.1, -0.05) is 152 Å². The van der Waals surface area contributed by atoms with Gasteiger partial charge in [-0.2, -0.15) is 0 Å². The maximum Gasteiger partial charge on any atom is 0.143 e. The Kier molecular flexibility index (Phi) is 5.17. The summed E-state index contributed by atoms with van der Waals surface area (Å²) in [7, 11) is 0. The number of rotatable bonds is 2.